The molecule has 0 aromatic carbocycles. The molecule has 2 atom stereocenters. The molecule has 1 amide bonds. The van der Waals surface area contributed by atoms with Gasteiger partial charge in [-0.05, 0) is 32.1 Å². The number of rotatable bonds is 2. The first kappa shape index (κ1) is 9.04. The van der Waals surface area contributed by atoms with Crippen LogP contribution in [0.25, 0.3) is 0 Å². The Morgan fingerprint density at radius 1 is 1.38 bits per heavy atom. The lowest BCUT2D eigenvalue weighted by atomic mass is 9.94. The van der Waals surface area contributed by atoms with Gasteiger partial charge in [0.2, 0.25) is 5.91 Å². The van der Waals surface area contributed by atoms with Crippen LogP contribution in [0.5, 0.6) is 0 Å². The summed E-state index contributed by atoms with van der Waals surface area (Å²) in [7, 11) is 0. The third-order valence-electron chi connectivity index (χ3n) is 3.46. The van der Waals surface area contributed by atoms with Crippen LogP contribution >= 0.6 is 0 Å². The summed E-state index contributed by atoms with van der Waals surface area (Å²) in [6.07, 6.45) is 8.19. The Labute approximate surface area is 80.3 Å². The Morgan fingerprint density at radius 2 is 2.23 bits per heavy atom. The predicted octanol–water partition coefficient (Wildman–Crippen LogP) is 2.33. The molecule has 0 saturated carbocycles. The summed E-state index contributed by atoms with van der Waals surface area (Å²) < 4.78 is 0. The van der Waals surface area contributed by atoms with E-state index in [-0.39, 0.29) is 0 Å². The van der Waals surface area contributed by atoms with Gasteiger partial charge in [0.15, 0.2) is 0 Å². The third-order valence-corrected chi connectivity index (χ3v) is 3.46. The molecule has 2 aliphatic rings. The molecule has 2 nitrogen and oxygen atoms in total. The molecule has 0 aromatic heterocycles. The third kappa shape index (κ3) is 1.59. The van der Waals surface area contributed by atoms with Crippen molar-refractivity contribution in [1.29, 1.82) is 0 Å². The highest BCUT2D eigenvalue weighted by molar-refractivity contribution is 5.79. The molecule has 0 radical (unpaired) electrons. The maximum absolute atomic E-state index is 11.6. The van der Waals surface area contributed by atoms with Crippen molar-refractivity contribution < 1.29 is 4.79 Å². The van der Waals surface area contributed by atoms with Crippen LogP contribution in [0.2, 0.25) is 0 Å². The first-order chi connectivity index (χ1) is 6.33. The van der Waals surface area contributed by atoms with Gasteiger partial charge in [0.1, 0.15) is 0 Å². The van der Waals surface area contributed by atoms with Crippen LogP contribution < -0.4 is 0 Å². The van der Waals surface area contributed by atoms with Gasteiger partial charge in [-0.2, -0.15) is 0 Å². The molecular weight excluding hydrogens is 162 g/mol. The normalized spacial score (nSPS) is 33.6. The lowest BCUT2D eigenvalue weighted by Gasteiger charge is -2.37. The molecule has 2 heteroatoms. The maximum atomic E-state index is 11.6. The van der Waals surface area contributed by atoms with Gasteiger partial charge in [-0.1, -0.05) is 13.3 Å². The highest BCUT2D eigenvalue weighted by Gasteiger charge is 2.37. The van der Waals surface area contributed by atoms with Crippen LogP contribution in [-0.2, 0) is 4.79 Å². The molecule has 74 valence electrons. The summed E-state index contributed by atoms with van der Waals surface area (Å²) in [6.45, 7) is 2.21. The number of nitrogens with zero attached hydrogens (tertiary/aromatic N) is 1. The Bertz CT molecular complexity index is 200. The van der Waals surface area contributed by atoms with Crippen LogP contribution in [0.15, 0.2) is 0 Å². The summed E-state index contributed by atoms with van der Waals surface area (Å²) >= 11 is 0. The van der Waals surface area contributed by atoms with Gasteiger partial charge in [-0.15, -0.1) is 0 Å². The predicted molar refractivity (Wildman–Crippen MR) is 52.4 cm³/mol. The van der Waals surface area contributed by atoms with E-state index in [9.17, 15) is 4.79 Å². The average molecular weight is 181 g/mol. The van der Waals surface area contributed by atoms with Gasteiger partial charge in [-0.25, -0.2) is 0 Å². The van der Waals surface area contributed by atoms with Crippen LogP contribution in [0.1, 0.15) is 51.9 Å². The summed E-state index contributed by atoms with van der Waals surface area (Å²) in [4.78, 5) is 13.8. The zero-order chi connectivity index (χ0) is 9.26. The van der Waals surface area contributed by atoms with Crippen LogP contribution in [-0.4, -0.2) is 22.9 Å². The van der Waals surface area contributed by atoms with Gasteiger partial charge in [0, 0.05) is 18.5 Å². The molecule has 13 heavy (non-hydrogen) atoms. The largest absolute Gasteiger partial charge is 0.337 e. The molecule has 2 heterocycles. The van der Waals surface area contributed by atoms with Crippen molar-refractivity contribution in [2.45, 2.75) is 64.0 Å². The van der Waals surface area contributed by atoms with E-state index in [2.05, 4.69) is 11.8 Å². The monoisotopic (exact) mass is 181 g/mol. The van der Waals surface area contributed by atoms with Gasteiger partial charge in [0.05, 0.1) is 0 Å². The minimum absolute atomic E-state index is 0.420. The molecule has 0 N–H and O–H groups in total. The second-order valence-corrected chi connectivity index (χ2v) is 4.37. The Hall–Kier alpha value is -0.530. The smallest absolute Gasteiger partial charge is 0.223 e. The molecule has 2 fully saturated rings. The first-order valence-electron chi connectivity index (χ1n) is 5.64. The Morgan fingerprint density at radius 3 is 3.00 bits per heavy atom. The molecule has 2 rings (SSSR count). The lowest BCUT2D eigenvalue weighted by molar-refractivity contribution is -0.132. The molecule has 2 aliphatic heterocycles. The maximum Gasteiger partial charge on any atom is 0.223 e. The quantitative estimate of drug-likeness (QED) is 0.640. The number of carbonyl (C=O) groups is 1. The average Bonchev–Trinajstić information content (AvgIpc) is 2.50. The van der Waals surface area contributed by atoms with Crippen molar-refractivity contribution in [3.63, 3.8) is 0 Å². The number of fused-ring (bicyclic) bond motifs is 1. The van der Waals surface area contributed by atoms with E-state index in [4.69, 9.17) is 0 Å². The van der Waals surface area contributed by atoms with Crippen LogP contribution in [0.4, 0.5) is 0 Å². The number of amides is 1. The van der Waals surface area contributed by atoms with Crippen molar-refractivity contribution in [2.24, 2.45) is 0 Å². The van der Waals surface area contributed by atoms with Crippen molar-refractivity contribution in [3.8, 4) is 0 Å². The number of hydrogen-bond donors (Lipinski definition) is 0. The summed E-state index contributed by atoms with van der Waals surface area (Å²) in [6, 6.07) is 1.19. The molecular formula is C11H19NO. The van der Waals surface area contributed by atoms with E-state index in [0.29, 0.717) is 18.0 Å². The zero-order valence-electron chi connectivity index (χ0n) is 8.46. The van der Waals surface area contributed by atoms with Crippen molar-refractivity contribution in [1.82, 2.24) is 4.90 Å². The van der Waals surface area contributed by atoms with Gasteiger partial charge in [-0.3, -0.25) is 4.79 Å². The topological polar surface area (TPSA) is 20.3 Å². The van der Waals surface area contributed by atoms with Gasteiger partial charge < -0.3 is 4.90 Å². The fourth-order valence-electron chi connectivity index (χ4n) is 2.89. The lowest BCUT2D eigenvalue weighted by Crippen LogP contribution is -2.44. The highest BCUT2D eigenvalue weighted by Crippen LogP contribution is 2.33. The van der Waals surface area contributed by atoms with Gasteiger partial charge >= 0.3 is 0 Å². The van der Waals surface area contributed by atoms with E-state index < -0.39 is 0 Å². The van der Waals surface area contributed by atoms with E-state index in [1.165, 1.54) is 32.1 Å². The van der Waals surface area contributed by atoms with Crippen LogP contribution in [0.3, 0.4) is 0 Å². The van der Waals surface area contributed by atoms with Gasteiger partial charge in [0.25, 0.3) is 0 Å². The van der Waals surface area contributed by atoms with Crippen molar-refractivity contribution >= 4 is 5.91 Å². The molecule has 0 spiro atoms. The zero-order valence-corrected chi connectivity index (χ0v) is 8.46. The Balaban J connectivity index is 2.05. The second kappa shape index (κ2) is 3.69. The number of piperidine rings is 1. The molecule has 2 saturated heterocycles. The van der Waals surface area contributed by atoms with Crippen molar-refractivity contribution in [3.05, 3.63) is 0 Å². The SMILES string of the molecule is CCC[C@@H]1CCC[C@H]2CCC(=O)N12. The minimum atomic E-state index is 0.420. The fourth-order valence-corrected chi connectivity index (χ4v) is 2.89. The van der Waals surface area contributed by atoms with Crippen LogP contribution in [0, 0.1) is 0 Å². The standard InChI is InChI=1S/C11H19NO/c1-2-4-9-5-3-6-10-7-8-11(13)12(9)10/h9-10H,2-8H2,1H3/t9-,10+/m1/s1. The van der Waals surface area contributed by atoms with E-state index in [1.54, 1.807) is 0 Å². The molecule has 0 aliphatic carbocycles. The summed E-state index contributed by atoms with van der Waals surface area (Å²) in [5.74, 6) is 0.420. The first-order valence-corrected chi connectivity index (χ1v) is 5.64. The second-order valence-electron chi connectivity index (χ2n) is 4.37. The minimum Gasteiger partial charge on any atom is -0.337 e. The Kier molecular flexibility index (Phi) is 2.56. The van der Waals surface area contributed by atoms with E-state index >= 15 is 0 Å². The van der Waals surface area contributed by atoms with E-state index in [1.807, 2.05) is 0 Å². The molecule has 0 unspecified atom stereocenters. The number of carbonyl (C=O) groups excluding carboxylic acids is 1. The fraction of sp³-hybridized carbons (Fsp3) is 0.909. The molecule has 0 aromatic rings. The number of hydrogen-bond acceptors (Lipinski definition) is 1. The highest BCUT2D eigenvalue weighted by atomic mass is 16.2. The summed E-state index contributed by atoms with van der Waals surface area (Å²) in [5.41, 5.74) is 0. The molecule has 0 bridgehead atoms. The van der Waals surface area contributed by atoms with Crippen molar-refractivity contribution in [2.75, 3.05) is 0 Å². The summed E-state index contributed by atoms with van der Waals surface area (Å²) in [5, 5.41) is 0. The van der Waals surface area contributed by atoms with E-state index in [0.717, 1.165) is 12.8 Å².